The van der Waals surface area contributed by atoms with Gasteiger partial charge in [-0.1, -0.05) is 23.8 Å². The number of aliphatic carboxylic acids is 1. The van der Waals surface area contributed by atoms with Gasteiger partial charge in [0.1, 0.15) is 5.60 Å². The molecule has 1 aromatic heterocycles. The standard InChI is InChI=1S/C20H24N2O4S.C2HF3O2/c1-16-5-7-19(8-6-16)27(23,24)22-14-20(15-22)17(9-11-26-20)12-25-13-18-4-2-3-10-21-18;3-2(4,5)1(6)7/h2-8,10,17H,9,11-15H2,1H3;(H,6,7). The zero-order valence-electron chi connectivity index (χ0n) is 18.4. The van der Waals surface area contributed by atoms with E-state index in [1.54, 1.807) is 18.3 Å². The summed E-state index contributed by atoms with van der Waals surface area (Å²) in [7, 11) is -3.47. The molecule has 2 saturated heterocycles. The van der Waals surface area contributed by atoms with Gasteiger partial charge in [0.2, 0.25) is 10.0 Å². The number of carboxylic acids is 1. The van der Waals surface area contributed by atoms with Crippen LogP contribution in [-0.4, -0.2) is 66.9 Å². The first kappa shape index (κ1) is 26.1. The zero-order valence-corrected chi connectivity index (χ0v) is 19.2. The highest BCUT2D eigenvalue weighted by atomic mass is 32.2. The molecular formula is C22H25F3N2O6S. The summed E-state index contributed by atoms with van der Waals surface area (Å²) in [6.07, 6.45) is -2.45. The Morgan fingerprint density at radius 1 is 1.24 bits per heavy atom. The first-order valence-electron chi connectivity index (χ1n) is 10.4. The topological polar surface area (TPSA) is 106 Å². The van der Waals surface area contributed by atoms with E-state index < -0.39 is 27.8 Å². The maximum atomic E-state index is 12.8. The molecule has 0 saturated carbocycles. The van der Waals surface area contributed by atoms with E-state index in [9.17, 15) is 21.6 Å². The summed E-state index contributed by atoms with van der Waals surface area (Å²) in [4.78, 5) is 13.5. The Bertz CT molecular complexity index is 1070. The summed E-state index contributed by atoms with van der Waals surface area (Å²) in [6, 6.07) is 12.7. The SMILES string of the molecule is Cc1ccc(S(=O)(=O)N2CC3(C2)OCCC3COCc2ccccn2)cc1.O=C(O)C(F)(F)F. The van der Waals surface area contributed by atoms with Crippen molar-refractivity contribution >= 4 is 16.0 Å². The van der Waals surface area contributed by atoms with Crippen LogP contribution in [0.15, 0.2) is 53.6 Å². The molecule has 2 aliphatic rings. The zero-order chi connectivity index (χ0) is 25.0. The number of rotatable bonds is 6. The Hall–Kier alpha value is -2.54. The summed E-state index contributed by atoms with van der Waals surface area (Å²) < 4.78 is 70.7. The fraction of sp³-hybridized carbons (Fsp3) is 0.455. The minimum absolute atomic E-state index is 0.200. The van der Waals surface area contributed by atoms with Crippen molar-refractivity contribution in [1.82, 2.24) is 9.29 Å². The second-order valence-corrected chi connectivity index (χ2v) is 10.1. The molecule has 2 fully saturated rings. The predicted octanol–water partition coefficient (Wildman–Crippen LogP) is 3.02. The smallest absolute Gasteiger partial charge is 0.475 e. The number of hydrogen-bond donors (Lipinski definition) is 1. The van der Waals surface area contributed by atoms with Crippen LogP contribution in [0.25, 0.3) is 0 Å². The van der Waals surface area contributed by atoms with Gasteiger partial charge in [0.15, 0.2) is 0 Å². The summed E-state index contributed by atoms with van der Waals surface area (Å²) in [5.41, 5.74) is 1.52. The quantitative estimate of drug-likeness (QED) is 0.647. The molecule has 1 unspecified atom stereocenters. The summed E-state index contributed by atoms with van der Waals surface area (Å²) in [5.74, 6) is -2.56. The van der Waals surface area contributed by atoms with E-state index in [1.807, 2.05) is 37.3 Å². The molecule has 186 valence electrons. The van der Waals surface area contributed by atoms with Crippen LogP contribution < -0.4 is 0 Å². The Balaban J connectivity index is 0.000000406. The highest BCUT2D eigenvalue weighted by Crippen LogP contribution is 2.42. The Labute approximate surface area is 195 Å². The monoisotopic (exact) mass is 502 g/mol. The second kappa shape index (κ2) is 10.4. The predicted molar refractivity (Wildman–Crippen MR) is 114 cm³/mol. The number of hydrogen-bond acceptors (Lipinski definition) is 6. The van der Waals surface area contributed by atoms with Crippen molar-refractivity contribution in [3.05, 3.63) is 59.9 Å². The molecule has 0 bridgehead atoms. The molecule has 12 heteroatoms. The van der Waals surface area contributed by atoms with Gasteiger partial charge in [-0.2, -0.15) is 17.5 Å². The highest BCUT2D eigenvalue weighted by molar-refractivity contribution is 7.89. The number of alkyl halides is 3. The molecule has 1 atom stereocenters. The Morgan fingerprint density at radius 3 is 2.44 bits per heavy atom. The maximum absolute atomic E-state index is 12.8. The number of pyridine rings is 1. The number of benzene rings is 1. The molecule has 0 radical (unpaired) electrons. The van der Waals surface area contributed by atoms with Crippen LogP contribution in [0, 0.1) is 12.8 Å². The van der Waals surface area contributed by atoms with E-state index in [4.69, 9.17) is 19.4 Å². The minimum atomic E-state index is -5.08. The molecule has 0 aliphatic carbocycles. The van der Waals surface area contributed by atoms with Gasteiger partial charge in [-0.25, -0.2) is 13.2 Å². The molecule has 34 heavy (non-hydrogen) atoms. The third-order valence-electron chi connectivity index (χ3n) is 5.68. The molecule has 3 heterocycles. The number of sulfonamides is 1. The van der Waals surface area contributed by atoms with Gasteiger partial charge >= 0.3 is 12.1 Å². The van der Waals surface area contributed by atoms with Crippen molar-refractivity contribution in [1.29, 1.82) is 0 Å². The molecule has 1 N–H and O–H groups in total. The van der Waals surface area contributed by atoms with E-state index in [2.05, 4.69) is 4.98 Å². The van der Waals surface area contributed by atoms with Crippen LogP contribution in [0.2, 0.25) is 0 Å². The number of aryl methyl sites for hydroxylation is 1. The van der Waals surface area contributed by atoms with E-state index in [0.717, 1.165) is 17.7 Å². The van der Waals surface area contributed by atoms with Crippen molar-refractivity contribution in [3.8, 4) is 0 Å². The molecule has 1 aromatic carbocycles. The summed E-state index contributed by atoms with van der Waals surface area (Å²) in [6.45, 7) is 4.38. The Morgan fingerprint density at radius 2 is 1.88 bits per heavy atom. The fourth-order valence-electron chi connectivity index (χ4n) is 3.74. The maximum Gasteiger partial charge on any atom is 0.490 e. The average molecular weight is 503 g/mol. The van der Waals surface area contributed by atoms with Crippen LogP contribution in [0.5, 0.6) is 0 Å². The van der Waals surface area contributed by atoms with Crippen molar-refractivity contribution in [2.24, 2.45) is 5.92 Å². The van der Waals surface area contributed by atoms with Gasteiger partial charge in [-0.05, 0) is 37.6 Å². The third-order valence-corrected chi connectivity index (χ3v) is 7.49. The number of carbonyl (C=O) groups is 1. The van der Waals surface area contributed by atoms with Gasteiger partial charge in [-0.3, -0.25) is 4.98 Å². The van der Waals surface area contributed by atoms with Crippen molar-refractivity contribution in [2.75, 3.05) is 26.3 Å². The second-order valence-electron chi connectivity index (χ2n) is 8.12. The average Bonchev–Trinajstić information content (AvgIpc) is 3.18. The van der Waals surface area contributed by atoms with Gasteiger partial charge in [-0.15, -0.1) is 0 Å². The lowest BCUT2D eigenvalue weighted by Crippen LogP contribution is -2.66. The molecule has 0 amide bonds. The van der Waals surface area contributed by atoms with E-state index in [1.165, 1.54) is 4.31 Å². The van der Waals surface area contributed by atoms with Crippen LogP contribution >= 0.6 is 0 Å². The number of halogens is 3. The van der Waals surface area contributed by atoms with E-state index >= 15 is 0 Å². The summed E-state index contributed by atoms with van der Waals surface area (Å²) in [5, 5.41) is 7.12. The third kappa shape index (κ3) is 6.12. The summed E-state index contributed by atoms with van der Waals surface area (Å²) >= 11 is 0. The molecule has 4 rings (SSSR count). The molecule has 2 aliphatic heterocycles. The normalized spacial score (nSPS) is 19.8. The fourth-order valence-corrected chi connectivity index (χ4v) is 5.29. The van der Waals surface area contributed by atoms with Gasteiger partial charge in [0.05, 0.1) is 23.8 Å². The first-order valence-corrected chi connectivity index (χ1v) is 11.9. The van der Waals surface area contributed by atoms with Gasteiger partial charge in [0.25, 0.3) is 0 Å². The minimum Gasteiger partial charge on any atom is -0.475 e. The first-order chi connectivity index (χ1) is 15.9. The van der Waals surface area contributed by atoms with Crippen molar-refractivity contribution in [2.45, 2.75) is 36.6 Å². The van der Waals surface area contributed by atoms with Crippen molar-refractivity contribution in [3.63, 3.8) is 0 Å². The van der Waals surface area contributed by atoms with Crippen LogP contribution in [0.1, 0.15) is 17.7 Å². The lowest BCUT2D eigenvalue weighted by molar-refractivity contribution is -0.192. The molecule has 2 aromatic rings. The molecular weight excluding hydrogens is 477 g/mol. The van der Waals surface area contributed by atoms with Gasteiger partial charge < -0.3 is 14.6 Å². The highest BCUT2D eigenvalue weighted by Gasteiger charge is 2.56. The van der Waals surface area contributed by atoms with E-state index in [0.29, 0.717) is 37.8 Å². The number of ether oxygens (including phenoxy) is 2. The van der Waals surface area contributed by atoms with Crippen molar-refractivity contribution < 1.29 is 41.0 Å². The van der Waals surface area contributed by atoms with Crippen LogP contribution in [-0.2, 0) is 30.9 Å². The lowest BCUT2D eigenvalue weighted by Gasteiger charge is -2.49. The Kier molecular flexibility index (Phi) is 7.96. The number of carboxylic acid groups (broad SMARTS) is 1. The largest absolute Gasteiger partial charge is 0.490 e. The number of nitrogens with zero attached hydrogens (tertiary/aromatic N) is 2. The molecule has 1 spiro atoms. The van der Waals surface area contributed by atoms with Crippen LogP contribution in [0.3, 0.4) is 0 Å². The van der Waals surface area contributed by atoms with E-state index in [-0.39, 0.29) is 5.92 Å². The number of aromatic nitrogens is 1. The molecule has 8 nitrogen and oxygen atoms in total. The lowest BCUT2D eigenvalue weighted by atomic mass is 9.83. The van der Waals surface area contributed by atoms with Crippen LogP contribution in [0.4, 0.5) is 13.2 Å². The van der Waals surface area contributed by atoms with Gasteiger partial charge in [0, 0.05) is 31.8 Å².